The monoisotopic (exact) mass is 358 g/mol. The molecule has 0 aliphatic carbocycles. The quantitative estimate of drug-likeness (QED) is 0.681. The fraction of sp³-hybridized carbons (Fsp3) is 0.263. The molecule has 0 saturated carbocycles. The lowest BCUT2D eigenvalue weighted by atomic mass is 10.1. The number of sulfonamides is 1. The summed E-state index contributed by atoms with van der Waals surface area (Å²) in [5, 5.41) is 11.4. The van der Waals surface area contributed by atoms with Gasteiger partial charge in [0.2, 0.25) is 10.0 Å². The Balaban J connectivity index is 1.63. The van der Waals surface area contributed by atoms with Gasteiger partial charge >= 0.3 is 0 Å². The van der Waals surface area contributed by atoms with Gasteiger partial charge in [0.05, 0.1) is 11.9 Å². The van der Waals surface area contributed by atoms with Gasteiger partial charge in [0.25, 0.3) is 0 Å². The largest absolute Gasteiger partial charge is 0.387 e. The third kappa shape index (κ3) is 4.28. The molecule has 1 atom stereocenters. The standard InChI is InChI=1S/C19H22N2O3S/c1-21-14-17(16-9-5-6-10-18(16)21)19(22)13-20-25(23,24)12-11-15-7-3-2-4-8-15/h2-10,14,19-20,22H,11-13H2,1H3. The number of nitrogens with one attached hydrogen (secondary N) is 1. The van der Waals surface area contributed by atoms with Crippen LogP contribution in [0.5, 0.6) is 0 Å². The zero-order valence-corrected chi connectivity index (χ0v) is 14.9. The maximum Gasteiger partial charge on any atom is 0.212 e. The average molecular weight is 358 g/mol. The summed E-state index contributed by atoms with van der Waals surface area (Å²) < 4.78 is 28.8. The van der Waals surface area contributed by atoms with Gasteiger partial charge in [-0.15, -0.1) is 0 Å². The van der Waals surface area contributed by atoms with Crippen molar-refractivity contribution < 1.29 is 13.5 Å². The van der Waals surface area contributed by atoms with Gasteiger partial charge in [-0.25, -0.2) is 13.1 Å². The van der Waals surface area contributed by atoms with Crippen LogP contribution in [0.4, 0.5) is 0 Å². The van der Waals surface area contributed by atoms with E-state index in [1.165, 1.54) is 0 Å². The van der Waals surface area contributed by atoms with Crippen LogP contribution < -0.4 is 4.72 Å². The highest BCUT2D eigenvalue weighted by atomic mass is 32.2. The molecule has 25 heavy (non-hydrogen) atoms. The first-order valence-corrected chi connectivity index (χ1v) is 9.85. The number of fused-ring (bicyclic) bond motifs is 1. The zero-order valence-electron chi connectivity index (χ0n) is 14.1. The highest BCUT2D eigenvalue weighted by Gasteiger charge is 2.18. The number of rotatable bonds is 7. The molecule has 1 unspecified atom stereocenters. The number of benzene rings is 2. The van der Waals surface area contributed by atoms with Crippen LogP contribution in [0.15, 0.2) is 60.8 Å². The third-order valence-corrected chi connectivity index (χ3v) is 5.63. The minimum absolute atomic E-state index is 0.000723. The van der Waals surface area contributed by atoms with Crippen LogP contribution in [0, 0.1) is 0 Å². The highest BCUT2D eigenvalue weighted by Crippen LogP contribution is 2.25. The molecule has 6 heteroatoms. The van der Waals surface area contributed by atoms with Gasteiger partial charge in [-0.05, 0) is 18.1 Å². The van der Waals surface area contributed by atoms with E-state index in [2.05, 4.69) is 4.72 Å². The van der Waals surface area contributed by atoms with E-state index in [-0.39, 0.29) is 12.3 Å². The molecular formula is C19H22N2O3S. The molecule has 0 amide bonds. The predicted octanol–water partition coefficient (Wildman–Crippen LogP) is 2.37. The van der Waals surface area contributed by atoms with Crippen molar-refractivity contribution in [3.63, 3.8) is 0 Å². The van der Waals surface area contributed by atoms with E-state index < -0.39 is 16.1 Å². The first kappa shape index (κ1) is 17.7. The molecule has 0 aliphatic rings. The summed E-state index contributed by atoms with van der Waals surface area (Å²) in [5.41, 5.74) is 2.70. The molecule has 3 aromatic rings. The second-order valence-electron chi connectivity index (χ2n) is 6.13. The van der Waals surface area contributed by atoms with Crippen LogP contribution in [0.1, 0.15) is 17.2 Å². The van der Waals surface area contributed by atoms with Crippen LogP contribution in [0.3, 0.4) is 0 Å². The smallest absolute Gasteiger partial charge is 0.212 e. The van der Waals surface area contributed by atoms with Crippen molar-refractivity contribution >= 4 is 20.9 Å². The summed E-state index contributed by atoms with van der Waals surface area (Å²) in [7, 11) is -1.54. The van der Waals surface area contributed by atoms with Gasteiger partial charge in [-0.1, -0.05) is 48.5 Å². The molecule has 2 aromatic carbocycles. The van der Waals surface area contributed by atoms with Crippen LogP contribution >= 0.6 is 0 Å². The maximum atomic E-state index is 12.2. The van der Waals surface area contributed by atoms with Gasteiger partial charge in [0.15, 0.2) is 0 Å². The second kappa shape index (κ2) is 7.39. The molecule has 132 valence electrons. The predicted molar refractivity (Wildman–Crippen MR) is 99.8 cm³/mol. The summed E-state index contributed by atoms with van der Waals surface area (Å²) in [4.78, 5) is 0. The van der Waals surface area contributed by atoms with E-state index in [1.807, 2.05) is 72.4 Å². The molecule has 0 bridgehead atoms. The van der Waals surface area contributed by atoms with Crippen LogP contribution in [0.2, 0.25) is 0 Å². The number of aryl methyl sites for hydroxylation is 2. The van der Waals surface area contributed by atoms with Gasteiger partial charge in [-0.3, -0.25) is 0 Å². The Morgan fingerprint density at radius 3 is 2.52 bits per heavy atom. The Morgan fingerprint density at radius 1 is 1.08 bits per heavy atom. The molecule has 2 N–H and O–H groups in total. The lowest BCUT2D eigenvalue weighted by Crippen LogP contribution is -2.31. The molecule has 0 saturated heterocycles. The second-order valence-corrected chi connectivity index (χ2v) is 8.06. The summed E-state index contributed by atoms with van der Waals surface area (Å²) in [5.74, 6) is -0.000723. The third-order valence-electron chi connectivity index (χ3n) is 4.29. The van der Waals surface area contributed by atoms with E-state index in [0.29, 0.717) is 6.42 Å². The minimum Gasteiger partial charge on any atom is -0.387 e. The Labute approximate surface area is 148 Å². The molecule has 1 aromatic heterocycles. The van der Waals surface area contributed by atoms with Gasteiger partial charge in [0, 0.05) is 36.3 Å². The van der Waals surface area contributed by atoms with E-state index >= 15 is 0 Å². The van der Waals surface area contributed by atoms with Gasteiger partial charge < -0.3 is 9.67 Å². The molecule has 0 radical (unpaired) electrons. The Morgan fingerprint density at radius 2 is 1.76 bits per heavy atom. The van der Waals surface area contributed by atoms with Crippen molar-refractivity contribution in [3.8, 4) is 0 Å². The Bertz CT molecular complexity index is 949. The molecule has 5 nitrogen and oxygen atoms in total. The van der Waals surface area contributed by atoms with Crippen molar-refractivity contribution in [1.29, 1.82) is 0 Å². The number of nitrogens with zero attached hydrogens (tertiary/aromatic N) is 1. The fourth-order valence-corrected chi connectivity index (χ4v) is 3.98. The molecule has 1 heterocycles. The first-order chi connectivity index (χ1) is 12.0. The summed E-state index contributed by atoms with van der Waals surface area (Å²) >= 11 is 0. The summed E-state index contributed by atoms with van der Waals surface area (Å²) in [6, 6.07) is 17.2. The van der Waals surface area contributed by atoms with Crippen molar-refractivity contribution in [3.05, 3.63) is 71.9 Å². The van der Waals surface area contributed by atoms with Gasteiger partial charge in [0.1, 0.15) is 0 Å². The number of aromatic nitrogens is 1. The van der Waals surface area contributed by atoms with Crippen LogP contribution in [-0.4, -0.2) is 30.4 Å². The first-order valence-electron chi connectivity index (χ1n) is 8.19. The lowest BCUT2D eigenvalue weighted by Gasteiger charge is -2.12. The summed E-state index contributed by atoms with van der Waals surface area (Å²) in [6.45, 7) is -0.0366. The maximum absolute atomic E-state index is 12.2. The van der Waals surface area contributed by atoms with E-state index in [0.717, 1.165) is 22.0 Å². The van der Waals surface area contributed by atoms with E-state index in [1.54, 1.807) is 0 Å². The number of para-hydroxylation sites is 1. The number of hydrogen-bond donors (Lipinski definition) is 2. The molecule has 0 aliphatic heterocycles. The number of aliphatic hydroxyl groups excluding tert-OH is 1. The molecular weight excluding hydrogens is 336 g/mol. The van der Waals surface area contributed by atoms with Crippen molar-refractivity contribution in [2.24, 2.45) is 7.05 Å². The van der Waals surface area contributed by atoms with E-state index in [4.69, 9.17) is 0 Å². The Hall–Kier alpha value is -2.15. The molecule has 0 spiro atoms. The van der Waals surface area contributed by atoms with Crippen LogP contribution in [-0.2, 0) is 23.5 Å². The van der Waals surface area contributed by atoms with Gasteiger partial charge in [-0.2, -0.15) is 0 Å². The normalized spacial score (nSPS) is 13.2. The SMILES string of the molecule is Cn1cc(C(O)CNS(=O)(=O)CCc2ccccc2)c2ccccc21. The Kier molecular flexibility index (Phi) is 5.22. The molecule has 3 rings (SSSR count). The fourth-order valence-electron chi connectivity index (χ4n) is 2.92. The topological polar surface area (TPSA) is 71.3 Å². The highest BCUT2D eigenvalue weighted by molar-refractivity contribution is 7.89. The van der Waals surface area contributed by atoms with E-state index in [9.17, 15) is 13.5 Å². The van der Waals surface area contributed by atoms with Crippen molar-refractivity contribution in [2.75, 3.05) is 12.3 Å². The molecule has 0 fully saturated rings. The average Bonchev–Trinajstić information content (AvgIpc) is 2.96. The lowest BCUT2D eigenvalue weighted by molar-refractivity contribution is 0.183. The van der Waals surface area contributed by atoms with Crippen molar-refractivity contribution in [1.82, 2.24) is 9.29 Å². The summed E-state index contributed by atoms with van der Waals surface area (Å²) in [6.07, 6.45) is 1.39. The zero-order chi connectivity index (χ0) is 17.9. The van der Waals surface area contributed by atoms with Crippen LogP contribution in [0.25, 0.3) is 10.9 Å². The minimum atomic E-state index is -3.45. The number of hydrogen-bond acceptors (Lipinski definition) is 3. The van der Waals surface area contributed by atoms with Crippen molar-refractivity contribution in [2.45, 2.75) is 12.5 Å². The number of aliphatic hydroxyl groups is 1.